The number of rotatable bonds is 4. The number of halogens is 3. The first kappa shape index (κ1) is 20.7. The van der Waals surface area contributed by atoms with E-state index in [2.05, 4.69) is 15.3 Å². The van der Waals surface area contributed by atoms with E-state index in [9.17, 15) is 13.6 Å². The van der Waals surface area contributed by atoms with Crippen LogP contribution in [0.4, 0.5) is 14.5 Å². The smallest absolute Gasteiger partial charge is 0.270 e. The van der Waals surface area contributed by atoms with Crippen molar-refractivity contribution >= 4 is 40.7 Å². The number of hydrogen-bond donors (Lipinski definition) is 5. The molecule has 2 rings (SSSR count). The number of nitrogens with one attached hydrogen (secondary N) is 2. The number of alkyl halides is 2. The van der Waals surface area contributed by atoms with Gasteiger partial charge in [0.1, 0.15) is 0 Å². The molecule has 11 heteroatoms. The van der Waals surface area contributed by atoms with Gasteiger partial charge in [0.15, 0.2) is 11.5 Å². The van der Waals surface area contributed by atoms with Gasteiger partial charge >= 0.3 is 0 Å². The Morgan fingerprint density at radius 1 is 1.30 bits per heavy atom. The van der Waals surface area contributed by atoms with Crippen molar-refractivity contribution in [3.05, 3.63) is 29.3 Å². The molecule has 1 fully saturated rings. The second kappa shape index (κ2) is 8.40. The molecule has 0 bridgehead atoms. The number of carbonyl (C=O) groups is 1. The van der Waals surface area contributed by atoms with Crippen LogP contribution in [0.25, 0.3) is 0 Å². The summed E-state index contributed by atoms with van der Waals surface area (Å²) in [4.78, 5) is 19.2. The highest BCUT2D eigenvalue weighted by Gasteiger charge is 2.44. The quantitative estimate of drug-likeness (QED) is 0.384. The Kier molecular flexibility index (Phi) is 6.45. The number of carbonyl (C=O) groups excluding carboxylic acids is 1. The third kappa shape index (κ3) is 5.44. The topological polar surface area (TPSA) is 156 Å². The molecule has 0 unspecified atom stereocenters. The van der Waals surface area contributed by atoms with Gasteiger partial charge in [0.05, 0.1) is 12.1 Å². The number of hydrogen-bond acceptors (Lipinski definition) is 4. The Balaban J connectivity index is 2.27. The zero-order chi connectivity index (χ0) is 20.2. The highest BCUT2D eigenvalue weighted by Crippen LogP contribution is 2.33. The number of nitrogens with two attached hydrogens (primary N) is 3. The van der Waals surface area contributed by atoms with Crippen molar-refractivity contribution in [3.8, 4) is 0 Å². The molecule has 8 N–H and O–H groups in total. The molecule has 1 aromatic carbocycles. The largest absolute Gasteiger partial charge is 0.368 e. The van der Waals surface area contributed by atoms with Crippen LogP contribution in [-0.2, 0) is 4.79 Å². The van der Waals surface area contributed by atoms with E-state index in [0.29, 0.717) is 17.1 Å². The summed E-state index contributed by atoms with van der Waals surface area (Å²) < 4.78 is 27.5. The Morgan fingerprint density at radius 2 is 1.93 bits per heavy atom. The summed E-state index contributed by atoms with van der Waals surface area (Å²) in [6.45, 7) is 0. The number of benzene rings is 1. The Labute approximate surface area is 159 Å². The lowest BCUT2D eigenvalue weighted by molar-refractivity contribution is -0.111. The first-order valence-electron chi connectivity index (χ1n) is 8.07. The molecule has 1 aromatic rings. The highest BCUT2D eigenvalue weighted by molar-refractivity contribution is 6.67. The molecule has 1 aliphatic carbocycles. The van der Waals surface area contributed by atoms with Crippen molar-refractivity contribution in [2.75, 3.05) is 5.32 Å². The number of anilines is 1. The van der Waals surface area contributed by atoms with Crippen molar-refractivity contribution in [2.45, 2.75) is 37.3 Å². The molecule has 1 saturated carbocycles. The maximum absolute atomic E-state index is 13.7. The monoisotopic (exact) mass is 399 g/mol. The van der Waals surface area contributed by atoms with Crippen molar-refractivity contribution in [1.29, 1.82) is 5.41 Å². The SMILES string of the molecule is N=C(C(N)=O)C(=NC(N)=N[C@@H]1CCCC(F)(F)[C@@H]1N)Nc1ccc(Cl)cc1. The van der Waals surface area contributed by atoms with Gasteiger partial charge in [0.25, 0.3) is 11.8 Å². The summed E-state index contributed by atoms with van der Waals surface area (Å²) in [6.07, 6.45) is 0.276. The van der Waals surface area contributed by atoms with Crippen molar-refractivity contribution in [3.63, 3.8) is 0 Å². The summed E-state index contributed by atoms with van der Waals surface area (Å²) in [5, 5.41) is 11.0. The van der Waals surface area contributed by atoms with Crippen LogP contribution in [0.1, 0.15) is 19.3 Å². The van der Waals surface area contributed by atoms with Gasteiger partial charge < -0.3 is 22.5 Å². The molecule has 1 amide bonds. The number of guanidine groups is 1. The van der Waals surface area contributed by atoms with Gasteiger partial charge in [-0.3, -0.25) is 10.2 Å². The Hall–Kier alpha value is -2.59. The third-order valence-corrected chi connectivity index (χ3v) is 4.28. The summed E-state index contributed by atoms with van der Waals surface area (Å²) in [6, 6.07) is 3.92. The predicted molar refractivity (Wildman–Crippen MR) is 102 cm³/mol. The van der Waals surface area contributed by atoms with E-state index < -0.39 is 35.6 Å². The molecular formula is C16H20ClF2N7O. The second-order valence-corrected chi connectivity index (χ2v) is 6.50. The van der Waals surface area contributed by atoms with Crippen LogP contribution in [0, 0.1) is 5.41 Å². The maximum atomic E-state index is 13.7. The lowest BCUT2D eigenvalue weighted by Crippen LogP contribution is -2.52. The molecule has 0 heterocycles. The summed E-state index contributed by atoms with van der Waals surface area (Å²) in [5.41, 5.74) is 16.2. The van der Waals surface area contributed by atoms with Crippen LogP contribution in [-0.4, -0.2) is 41.4 Å². The van der Waals surface area contributed by atoms with Crippen LogP contribution in [0.2, 0.25) is 5.02 Å². The lowest BCUT2D eigenvalue weighted by atomic mass is 9.88. The van der Waals surface area contributed by atoms with Crippen molar-refractivity contribution < 1.29 is 13.6 Å². The molecular weight excluding hydrogens is 380 g/mol. The van der Waals surface area contributed by atoms with E-state index in [0.717, 1.165) is 0 Å². The Bertz CT molecular complexity index is 779. The molecule has 2 atom stereocenters. The molecule has 0 spiro atoms. The average molecular weight is 400 g/mol. The first-order chi connectivity index (χ1) is 12.6. The summed E-state index contributed by atoms with van der Waals surface area (Å²) in [5.74, 6) is -4.76. The molecule has 27 heavy (non-hydrogen) atoms. The van der Waals surface area contributed by atoms with Crippen molar-refractivity contribution in [1.82, 2.24) is 0 Å². The second-order valence-electron chi connectivity index (χ2n) is 6.07. The zero-order valence-electron chi connectivity index (χ0n) is 14.3. The van der Waals surface area contributed by atoms with E-state index >= 15 is 0 Å². The van der Waals surface area contributed by atoms with Crippen LogP contribution >= 0.6 is 11.6 Å². The van der Waals surface area contributed by atoms with Gasteiger partial charge in [-0.2, -0.15) is 4.99 Å². The number of amidine groups is 1. The fourth-order valence-corrected chi connectivity index (χ4v) is 2.69. The van der Waals surface area contributed by atoms with Crippen molar-refractivity contribution in [2.24, 2.45) is 27.2 Å². The molecule has 0 aromatic heterocycles. The fourth-order valence-electron chi connectivity index (χ4n) is 2.57. The van der Waals surface area contributed by atoms with E-state index in [1.54, 1.807) is 24.3 Å². The van der Waals surface area contributed by atoms with Crippen LogP contribution in [0.15, 0.2) is 34.3 Å². The van der Waals surface area contributed by atoms with Gasteiger partial charge in [-0.1, -0.05) is 11.6 Å². The van der Waals surface area contributed by atoms with E-state index in [4.69, 9.17) is 34.2 Å². The Morgan fingerprint density at radius 3 is 2.52 bits per heavy atom. The average Bonchev–Trinajstić information content (AvgIpc) is 2.59. The zero-order valence-corrected chi connectivity index (χ0v) is 15.0. The molecule has 0 aliphatic heterocycles. The minimum atomic E-state index is -3.04. The van der Waals surface area contributed by atoms with Gasteiger partial charge in [0, 0.05) is 17.1 Å². The van der Waals surface area contributed by atoms with Crippen LogP contribution in [0.5, 0.6) is 0 Å². The number of primary amides is 1. The first-order valence-corrected chi connectivity index (χ1v) is 8.44. The van der Waals surface area contributed by atoms with Crippen LogP contribution in [0.3, 0.4) is 0 Å². The fraction of sp³-hybridized carbons (Fsp3) is 0.375. The normalized spacial score (nSPS) is 23.0. The van der Waals surface area contributed by atoms with Crippen LogP contribution < -0.4 is 22.5 Å². The highest BCUT2D eigenvalue weighted by atomic mass is 35.5. The number of amides is 1. The van der Waals surface area contributed by atoms with Gasteiger partial charge in [-0.15, -0.1) is 0 Å². The maximum Gasteiger partial charge on any atom is 0.270 e. The van der Waals surface area contributed by atoms with E-state index in [1.165, 1.54) is 0 Å². The molecule has 1 aliphatic rings. The number of aliphatic imine (C=N–C) groups is 2. The lowest BCUT2D eigenvalue weighted by Gasteiger charge is -2.33. The summed E-state index contributed by atoms with van der Waals surface area (Å²) in [7, 11) is 0. The van der Waals surface area contributed by atoms with Gasteiger partial charge in [0.2, 0.25) is 5.96 Å². The standard InChI is InChI=1S/C16H20ClF2N7O/c17-8-3-5-9(6-4-8)24-14(11(20)13(22)27)26-15(23)25-10-2-1-7-16(18,19)12(10)21/h3-6,10,12,20H,1-2,7,21H2,(H2,22,27)(H3,23,24,25,26)/t10-,12-/m1/s1. The van der Waals surface area contributed by atoms with E-state index in [-0.39, 0.29) is 18.7 Å². The molecule has 0 saturated heterocycles. The predicted octanol–water partition coefficient (Wildman–Crippen LogP) is 1.49. The molecule has 0 radical (unpaired) electrons. The van der Waals surface area contributed by atoms with Gasteiger partial charge in [-0.25, -0.2) is 13.8 Å². The van der Waals surface area contributed by atoms with E-state index in [1.807, 2.05) is 0 Å². The molecule has 146 valence electrons. The van der Waals surface area contributed by atoms with Gasteiger partial charge in [-0.05, 0) is 37.1 Å². The number of nitrogens with zero attached hydrogens (tertiary/aromatic N) is 2. The summed E-state index contributed by atoms with van der Waals surface area (Å²) >= 11 is 5.80. The molecule has 8 nitrogen and oxygen atoms in total. The third-order valence-electron chi connectivity index (χ3n) is 4.03. The minimum Gasteiger partial charge on any atom is -0.368 e. The minimum absolute atomic E-state index is 0.249.